The molecule has 0 amide bonds. The van der Waals surface area contributed by atoms with Gasteiger partial charge in [0, 0.05) is 11.6 Å². The number of rotatable bonds is 4. The summed E-state index contributed by atoms with van der Waals surface area (Å²) in [6, 6.07) is 9.53. The van der Waals surface area contributed by atoms with Crippen molar-refractivity contribution in [3.05, 3.63) is 62.1 Å². The van der Waals surface area contributed by atoms with E-state index >= 15 is 0 Å². The normalized spacial score (nSPS) is 10.3. The summed E-state index contributed by atoms with van der Waals surface area (Å²) in [6.45, 7) is 0.0631. The average Bonchev–Trinajstić information content (AvgIpc) is 2.41. The van der Waals surface area contributed by atoms with Crippen molar-refractivity contribution in [1.82, 2.24) is 0 Å². The molecule has 104 valence electrons. The zero-order chi connectivity index (χ0) is 14.7. The van der Waals surface area contributed by atoms with Crippen molar-refractivity contribution in [2.24, 2.45) is 0 Å². The van der Waals surface area contributed by atoms with Gasteiger partial charge in [0.2, 0.25) is 0 Å². The van der Waals surface area contributed by atoms with E-state index in [4.69, 9.17) is 33.7 Å². The molecule has 0 heterocycles. The molecule has 0 aliphatic rings. The molecule has 0 radical (unpaired) electrons. The van der Waals surface area contributed by atoms with Crippen molar-refractivity contribution in [2.45, 2.75) is 6.61 Å². The van der Waals surface area contributed by atoms with Crippen LogP contribution in [-0.4, -0.2) is 4.92 Å². The lowest BCUT2D eigenvalue weighted by Gasteiger charge is -2.10. The van der Waals surface area contributed by atoms with Crippen LogP contribution >= 0.6 is 23.2 Å². The Morgan fingerprint density at radius 1 is 1.20 bits per heavy atom. The Hall–Kier alpha value is -1.98. The van der Waals surface area contributed by atoms with Gasteiger partial charge in [0.15, 0.2) is 0 Å². The van der Waals surface area contributed by atoms with Crippen molar-refractivity contribution >= 4 is 34.6 Å². The molecule has 0 spiro atoms. The molecule has 5 nitrogen and oxygen atoms in total. The lowest BCUT2D eigenvalue weighted by atomic mass is 10.1. The van der Waals surface area contributed by atoms with Crippen LogP contribution in [-0.2, 0) is 6.61 Å². The summed E-state index contributed by atoms with van der Waals surface area (Å²) in [6.07, 6.45) is 0. The molecule has 0 saturated heterocycles. The highest BCUT2D eigenvalue weighted by Gasteiger charge is 2.15. The second-order valence-electron chi connectivity index (χ2n) is 3.95. The van der Waals surface area contributed by atoms with Gasteiger partial charge in [-0.15, -0.1) is 0 Å². The molecule has 2 rings (SSSR count). The van der Waals surface area contributed by atoms with Crippen molar-refractivity contribution in [3.8, 4) is 5.75 Å². The maximum absolute atomic E-state index is 10.8. The minimum atomic E-state index is -0.537. The molecule has 0 aliphatic heterocycles. The standard InChI is InChI=1S/C13H10Cl2N2O3/c14-9-4-2-6-11(12(9)15)20-7-8-3-1-5-10(13(8)16)17(18)19/h1-6H,7,16H2. The second-order valence-corrected chi connectivity index (χ2v) is 4.73. The van der Waals surface area contributed by atoms with E-state index in [1.807, 2.05) is 0 Å². The van der Waals surface area contributed by atoms with Crippen LogP contribution in [0.1, 0.15) is 5.56 Å². The van der Waals surface area contributed by atoms with E-state index < -0.39 is 4.92 Å². The van der Waals surface area contributed by atoms with E-state index in [0.717, 1.165) is 0 Å². The van der Waals surface area contributed by atoms with Gasteiger partial charge >= 0.3 is 0 Å². The van der Waals surface area contributed by atoms with Crippen LogP contribution in [0.3, 0.4) is 0 Å². The van der Waals surface area contributed by atoms with E-state index in [1.54, 1.807) is 30.3 Å². The Morgan fingerprint density at radius 3 is 2.60 bits per heavy atom. The molecule has 0 saturated carbocycles. The monoisotopic (exact) mass is 312 g/mol. The Bertz CT molecular complexity index is 662. The highest BCUT2D eigenvalue weighted by atomic mass is 35.5. The number of halogens is 2. The molecule has 2 aromatic rings. The molecule has 0 aromatic heterocycles. The first-order valence-corrected chi connectivity index (χ1v) is 6.35. The second kappa shape index (κ2) is 5.98. The zero-order valence-corrected chi connectivity index (χ0v) is 11.7. The van der Waals surface area contributed by atoms with Gasteiger partial charge in [-0.3, -0.25) is 10.1 Å². The average molecular weight is 313 g/mol. The van der Waals surface area contributed by atoms with E-state index in [-0.39, 0.29) is 23.0 Å². The summed E-state index contributed by atoms with van der Waals surface area (Å²) in [4.78, 5) is 10.3. The topological polar surface area (TPSA) is 78.4 Å². The van der Waals surface area contributed by atoms with Crippen LogP contribution in [0.2, 0.25) is 10.0 Å². The molecule has 2 N–H and O–H groups in total. The molecular formula is C13H10Cl2N2O3. The first-order chi connectivity index (χ1) is 9.50. The van der Waals surface area contributed by atoms with E-state index in [1.165, 1.54) is 6.07 Å². The molecule has 0 atom stereocenters. The Balaban J connectivity index is 2.21. The van der Waals surface area contributed by atoms with E-state index in [2.05, 4.69) is 0 Å². The molecule has 0 bridgehead atoms. The smallest absolute Gasteiger partial charge is 0.292 e. The van der Waals surface area contributed by atoms with Crippen molar-refractivity contribution < 1.29 is 9.66 Å². The number of ether oxygens (including phenoxy) is 1. The number of nitrogens with two attached hydrogens (primary N) is 1. The van der Waals surface area contributed by atoms with Crippen molar-refractivity contribution in [3.63, 3.8) is 0 Å². The van der Waals surface area contributed by atoms with Crippen LogP contribution in [0.15, 0.2) is 36.4 Å². The van der Waals surface area contributed by atoms with Gasteiger partial charge in [-0.1, -0.05) is 41.4 Å². The molecule has 0 fully saturated rings. The van der Waals surface area contributed by atoms with Crippen LogP contribution in [0.25, 0.3) is 0 Å². The summed E-state index contributed by atoms with van der Waals surface area (Å²) in [5.41, 5.74) is 6.17. The maximum Gasteiger partial charge on any atom is 0.292 e. The third-order valence-corrected chi connectivity index (χ3v) is 3.47. The van der Waals surface area contributed by atoms with Crippen LogP contribution in [0.5, 0.6) is 5.75 Å². The van der Waals surface area contributed by atoms with Gasteiger partial charge in [0.1, 0.15) is 23.1 Å². The number of hydrogen-bond acceptors (Lipinski definition) is 4. The van der Waals surface area contributed by atoms with Crippen molar-refractivity contribution in [2.75, 3.05) is 5.73 Å². The highest BCUT2D eigenvalue weighted by molar-refractivity contribution is 6.42. The summed E-state index contributed by atoms with van der Waals surface area (Å²) >= 11 is 11.9. The Morgan fingerprint density at radius 2 is 1.90 bits per heavy atom. The minimum absolute atomic E-state index is 0.0631. The summed E-state index contributed by atoms with van der Waals surface area (Å²) in [7, 11) is 0. The fourth-order valence-electron chi connectivity index (χ4n) is 1.64. The first-order valence-electron chi connectivity index (χ1n) is 5.59. The Labute approximate surface area is 125 Å². The van der Waals surface area contributed by atoms with E-state index in [0.29, 0.717) is 16.3 Å². The molecular weight excluding hydrogens is 303 g/mol. The first kappa shape index (κ1) is 14.4. The summed E-state index contributed by atoms with van der Waals surface area (Å²) in [5, 5.41) is 11.5. The number of nitro benzene ring substituents is 1. The highest BCUT2D eigenvalue weighted by Crippen LogP contribution is 2.33. The number of hydrogen-bond donors (Lipinski definition) is 1. The number of para-hydroxylation sites is 1. The minimum Gasteiger partial charge on any atom is -0.487 e. The molecule has 2 aromatic carbocycles. The molecule has 20 heavy (non-hydrogen) atoms. The third kappa shape index (κ3) is 2.95. The fourth-order valence-corrected chi connectivity index (χ4v) is 1.98. The lowest BCUT2D eigenvalue weighted by molar-refractivity contribution is -0.384. The lowest BCUT2D eigenvalue weighted by Crippen LogP contribution is -2.03. The quantitative estimate of drug-likeness (QED) is 0.524. The number of nitrogen functional groups attached to an aromatic ring is 1. The fraction of sp³-hybridized carbons (Fsp3) is 0.0769. The van der Waals surface area contributed by atoms with Crippen LogP contribution < -0.4 is 10.5 Å². The van der Waals surface area contributed by atoms with Gasteiger partial charge in [-0.05, 0) is 12.1 Å². The summed E-state index contributed by atoms with van der Waals surface area (Å²) in [5.74, 6) is 0.394. The Kier molecular flexibility index (Phi) is 4.32. The number of benzene rings is 2. The van der Waals surface area contributed by atoms with Gasteiger partial charge in [0.05, 0.1) is 9.95 Å². The van der Waals surface area contributed by atoms with E-state index in [9.17, 15) is 10.1 Å². The predicted molar refractivity (Wildman–Crippen MR) is 78.3 cm³/mol. The SMILES string of the molecule is Nc1c(COc2cccc(Cl)c2Cl)cccc1[N+](=O)[O-]. The van der Waals surface area contributed by atoms with Gasteiger partial charge in [-0.25, -0.2) is 0 Å². The number of anilines is 1. The maximum atomic E-state index is 10.8. The molecule has 0 unspecified atom stereocenters. The van der Waals surface area contributed by atoms with Crippen LogP contribution in [0.4, 0.5) is 11.4 Å². The predicted octanol–water partition coefficient (Wildman–Crippen LogP) is 4.06. The zero-order valence-electron chi connectivity index (χ0n) is 10.2. The number of nitrogens with zero attached hydrogens (tertiary/aromatic N) is 1. The van der Waals surface area contributed by atoms with Crippen molar-refractivity contribution in [1.29, 1.82) is 0 Å². The summed E-state index contributed by atoms with van der Waals surface area (Å²) < 4.78 is 5.50. The largest absolute Gasteiger partial charge is 0.487 e. The van der Waals surface area contributed by atoms with Gasteiger partial charge < -0.3 is 10.5 Å². The van der Waals surface area contributed by atoms with Gasteiger partial charge in [-0.2, -0.15) is 0 Å². The molecule has 0 aliphatic carbocycles. The number of nitro groups is 1. The van der Waals surface area contributed by atoms with Crippen LogP contribution in [0, 0.1) is 10.1 Å². The molecule has 7 heteroatoms. The third-order valence-electron chi connectivity index (χ3n) is 2.67. The van der Waals surface area contributed by atoms with Gasteiger partial charge in [0.25, 0.3) is 5.69 Å².